The number of rotatable bonds is 6. The Morgan fingerprint density at radius 2 is 1.77 bits per heavy atom. The molecule has 7 nitrogen and oxygen atoms in total. The fourth-order valence-corrected chi connectivity index (χ4v) is 3.55. The van der Waals surface area contributed by atoms with Gasteiger partial charge in [-0.15, -0.1) is 0 Å². The Morgan fingerprint density at radius 1 is 1.03 bits per heavy atom. The lowest BCUT2D eigenvalue weighted by Crippen LogP contribution is -2.36. The van der Waals surface area contributed by atoms with Crippen molar-refractivity contribution < 1.29 is 14.0 Å². The summed E-state index contributed by atoms with van der Waals surface area (Å²) in [6, 6.07) is 18.0. The number of amides is 2. The molecule has 1 aliphatic rings. The van der Waals surface area contributed by atoms with Crippen molar-refractivity contribution in [3.8, 4) is 11.3 Å². The van der Waals surface area contributed by atoms with E-state index < -0.39 is 5.92 Å². The van der Waals surface area contributed by atoms with Gasteiger partial charge in [0.1, 0.15) is 5.82 Å². The minimum Gasteiger partial charge on any atom is -0.354 e. The third-order valence-electron chi connectivity index (χ3n) is 5.19. The predicted molar refractivity (Wildman–Crippen MR) is 114 cm³/mol. The second-order valence-electron chi connectivity index (χ2n) is 7.32. The first kappa shape index (κ1) is 20.5. The topological polar surface area (TPSA) is 84.3 Å². The van der Waals surface area contributed by atoms with Crippen molar-refractivity contribution in [3.05, 3.63) is 82.9 Å². The molecule has 158 valence electrons. The third-order valence-corrected chi connectivity index (χ3v) is 5.19. The summed E-state index contributed by atoms with van der Waals surface area (Å²) in [5.74, 6) is -1.11. The zero-order valence-corrected chi connectivity index (χ0v) is 16.7. The number of halogens is 1. The quantitative estimate of drug-likeness (QED) is 0.663. The minimum absolute atomic E-state index is 0.0868. The van der Waals surface area contributed by atoms with Crippen LogP contribution in [0.1, 0.15) is 6.42 Å². The zero-order valence-electron chi connectivity index (χ0n) is 16.7. The van der Waals surface area contributed by atoms with E-state index in [-0.39, 0.29) is 42.7 Å². The average molecular weight is 420 g/mol. The van der Waals surface area contributed by atoms with Crippen LogP contribution in [0, 0.1) is 11.7 Å². The van der Waals surface area contributed by atoms with Crippen molar-refractivity contribution in [2.24, 2.45) is 5.92 Å². The fourth-order valence-electron chi connectivity index (χ4n) is 3.55. The Morgan fingerprint density at radius 3 is 2.52 bits per heavy atom. The molecule has 0 saturated carbocycles. The van der Waals surface area contributed by atoms with Gasteiger partial charge in [0.2, 0.25) is 11.8 Å². The van der Waals surface area contributed by atoms with Crippen LogP contribution >= 0.6 is 0 Å². The van der Waals surface area contributed by atoms with E-state index in [0.717, 1.165) is 5.69 Å². The van der Waals surface area contributed by atoms with Gasteiger partial charge in [0.15, 0.2) is 0 Å². The van der Waals surface area contributed by atoms with E-state index >= 15 is 0 Å². The van der Waals surface area contributed by atoms with Gasteiger partial charge in [-0.05, 0) is 42.5 Å². The number of nitrogens with one attached hydrogen (secondary N) is 1. The van der Waals surface area contributed by atoms with E-state index in [1.165, 1.54) is 22.9 Å². The SMILES string of the molecule is O=C(NCCn1nc(-c2ccc(F)cc2)ccc1=O)C1CC(=O)N(c2ccccc2)C1. The number of carbonyl (C=O) groups is 2. The summed E-state index contributed by atoms with van der Waals surface area (Å²) in [4.78, 5) is 38.5. The van der Waals surface area contributed by atoms with Gasteiger partial charge >= 0.3 is 0 Å². The molecule has 1 aromatic heterocycles. The van der Waals surface area contributed by atoms with Gasteiger partial charge in [0, 0.05) is 36.8 Å². The first-order valence-electron chi connectivity index (χ1n) is 9.98. The molecular weight excluding hydrogens is 399 g/mol. The van der Waals surface area contributed by atoms with Crippen LogP contribution in [0.4, 0.5) is 10.1 Å². The molecule has 1 unspecified atom stereocenters. The summed E-state index contributed by atoms with van der Waals surface area (Å²) in [7, 11) is 0. The molecule has 8 heteroatoms. The van der Waals surface area contributed by atoms with Gasteiger partial charge in [-0.25, -0.2) is 9.07 Å². The lowest BCUT2D eigenvalue weighted by molar-refractivity contribution is -0.126. The second kappa shape index (κ2) is 8.91. The standard InChI is InChI=1S/C23H21FN4O3/c24-18-8-6-16(7-9-18)20-10-11-21(29)28(26-20)13-12-25-23(31)17-14-22(30)27(15-17)19-4-2-1-3-5-19/h1-11,17H,12-15H2,(H,25,31). The van der Waals surface area contributed by atoms with Crippen LogP contribution in [0.3, 0.4) is 0 Å². The highest BCUT2D eigenvalue weighted by Crippen LogP contribution is 2.24. The number of carbonyl (C=O) groups excluding carboxylic acids is 2. The van der Waals surface area contributed by atoms with Gasteiger partial charge in [-0.2, -0.15) is 5.10 Å². The number of aromatic nitrogens is 2. The summed E-state index contributed by atoms with van der Waals surface area (Å²) < 4.78 is 14.4. The number of para-hydroxylation sites is 1. The molecule has 1 aliphatic heterocycles. The van der Waals surface area contributed by atoms with Gasteiger partial charge < -0.3 is 10.2 Å². The fraction of sp³-hybridized carbons (Fsp3) is 0.217. The van der Waals surface area contributed by atoms with Crippen molar-refractivity contribution in [1.29, 1.82) is 0 Å². The molecule has 1 N–H and O–H groups in total. The van der Waals surface area contributed by atoms with E-state index in [4.69, 9.17) is 0 Å². The van der Waals surface area contributed by atoms with Gasteiger partial charge in [-0.1, -0.05) is 18.2 Å². The second-order valence-corrected chi connectivity index (χ2v) is 7.32. The predicted octanol–water partition coefficient (Wildman–Crippen LogP) is 2.22. The van der Waals surface area contributed by atoms with Crippen LogP contribution in [0.5, 0.6) is 0 Å². The van der Waals surface area contributed by atoms with Crippen LogP contribution in [-0.4, -0.2) is 34.7 Å². The van der Waals surface area contributed by atoms with E-state index in [2.05, 4.69) is 10.4 Å². The third kappa shape index (κ3) is 4.69. The van der Waals surface area contributed by atoms with Crippen molar-refractivity contribution in [3.63, 3.8) is 0 Å². The molecule has 3 aromatic rings. The van der Waals surface area contributed by atoms with Crippen molar-refractivity contribution in [2.75, 3.05) is 18.0 Å². The highest BCUT2D eigenvalue weighted by Gasteiger charge is 2.34. The molecule has 0 radical (unpaired) electrons. The van der Waals surface area contributed by atoms with E-state index in [9.17, 15) is 18.8 Å². The van der Waals surface area contributed by atoms with E-state index in [1.54, 1.807) is 23.1 Å². The monoisotopic (exact) mass is 420 g/mol. The molecule has 31 heavy (non-hydrogen) atoms. The molecule has 0 spiro atoms. The molecule has 1 atom stereocenters. The van der Waals surface area contributed by atoms with Gasteiger partial charge in [0.05, 0.1) is 18.2 Å². The Labute approximate surface area is 178 Å². The maximum absolute atomic E-state index is 13.1. The molecule has 4 rings (SSSR count). The Kier molecular flexibility index (Phi) is 5.88. The lowest BCUT2D eigenvalue weighted by Gasteiger charge is -2.16. The van der Waals surface area contributed by atoms with E-state index in [1.807, 2.05) is 30.3 Å². The summed E-state index contributed by atoms with van der Waals surface area (Å²) in [5.41, 5.74) is 1.69. The van der Waals surface area contributed by atoms with Crippen LogP contribution in [0.2, 0.25) is 0 Å². The van der Waals surface area contributed by atoms with Crippen molar-refractivity contribution in [2.45, 2.75) is 13.0 Å². The molecule has 2 heterocycles. The van der Waals surface area contributed by atoms with Crippen LogP contribution < -0.4 is 15.8 Å². The average Bonchev–Trinajstić information content (AvgIpc) is 3.18. The molecular formula is C23H21FN4O3. The normalized spacial score (nSPS) is 15.8. The van der Waals surface area contributed by atoms with Crippen LogP contribution in [-0.2, 0) is 16.1 Å². The summed E-state index contributed by atoms with van der Waals surface area (Å²) in [5, 5.41) is 7.09. The summed E-state index contributed by atoms with van der Waals surface area (Å²) in [6.07, 6.45) is 0.152. The number of anilines is 1. The molecule has 2 amide bonds. The zero-order chi connectivity index (χ0) is 21.8. The number of hydrogen-bond acceptors (Lipinski definition) is 4. The minimum atomic E-state index is -0.442. The Balaban J connectivity index is 1.36. The highest BCUT2D eigenvalue weighted by molar-refractivity contribution is 6.00. The largest absolute Gasteiger partial charge is 0.354 e. The smallest absolute Gasteiger partial charge is 0.266 e. The van der Waals surface area contributed by atoms with Gasteiger partial charge in [0.25, 0.3) is 5.56 Å². The summed E-state index contributed by atoms with van der Waals surface area (Å²) >= 11 is 0. The number of nitrogens with zero attached hydrogens (tertiary/aromatic N) is 3. The Hall–Kier alpha value is -3.81. The first-order valence-corrected chi connectivity index (χ1v) is 9.98. The Bertz CT molecular complexity index is 1150. The van der Waals surface area contributed by atoms with Crippen molar-refractivity contribution in [1.82, 2.24) is 15.1 Å². The molecule has 0 bridgehead atoms. The molecule has 1 fully saturated rings. The number of benzene rings is 2. The van der Waals surface area contributed by atoms with E-state index in [0.29, 0.717) is 17.8 Å². The molecule has 2 aromatic carbocycles. The molecule has 1 saturated heterocycles. The highest BCUT2D eigenvalue weighted by atomic mass is 19.1. The maximum atomic E-state index is 13.1. The van der Waals surface area contributed by atoms with Gasteiger partial charge in [-0.3, -0.25) is 14.4 Å². The number of hydrogen-bond donors (Lipinski definition) is 1. The van der Waals surface area contributed by atoms with Crippen LogP contribution in [0.25, 0.3) is 11.3 Å². The summed E-state index contributed by atoms with van der Waals surface area (Å²) in [6.45, 7) is 0.713. The maximum Gasteiger partial charge on any atom is 0.266 e. The lowest BCUT2D eigenvalue weighted by atomic mass is 10.1. The van der Waals surface area contributed by atoms with Crippen LogP contribution in [0.15, 0.2) is 71.5 Å². The molecule has 0 aliphatic carbocycles. The van der Waals surface area contributed by atoms with Crippen molar-refractivity contribution >= 4 is 17.5 Å². The first-order chi connectivity index (χ1) is 15.0.